The van der Waals surface area contributed by atoms with Crippen molar-refractivity contribution in [1.82, 2.24) is 4.90 Å². The Morgan fingerprint density at radius 2 is 1.68 bits per heavy atom. The Balaban J connectivity index is 2.23. The van der Waals surface area contributed by atoms with Gasteiger partial charge in [-0.2, -0.15) is 0 Å². The molecule has 2 aromatic carbocycles. The van der Waals surface area contributed by atoms with Crippen molar-refractivity contribution < 1.29 is 14.0 Å². The van der Waals surface area contributed by atoms with E-state index < -0.39 is 11.8 Å². The number of primary amides is 1. The first kappa shape index (κ1) is 15.7. The van der Waals surface area contributed by atoms with E-state index in [1.54, 1.807) is 12.1 Å². The smallest absolute Gasteiger partial charge is 0.312 e. The first-order chi connectivity index (χ1) is 10.5. The maximum Gasteiger partial charge on any atom is 0.312 e. The van der Waals surface area contributed by atoms with Crippen LogP contribution in [0.4, 0.5) is 4.39 Å². The van der Waals surface area contributed by atoms with Crippen molar-refractivity contribution in [2.24, 2.45) is 5.73 Å². The summed E-state index contributed by atoms with van der Waals surface area (Å²) in [6.45, 7) is 2.39. The number of carbonyl (C=O) groups is 2. The largest absolute Gasteiger partial charge is 0.361 e. The lowest BCUT2D eigenvalue weighted by Gasteiger charge is -2.22. The molecule has 2 amide bonds. The summed E-state index contributed by atoms with van der Waals surface area (Å²) in [5.41, 5.74) is 7.79. The zero-order valence-electron chi connectivity index (χ0n) is 12.3. The van der Waals surface area contributed by atoms with Gasteiger partial charge in [0.05, 0.1) is 0 Å². The quantitative estimate of drug-likeness (QED) is 0.879. The lowest BCUT2D eigenvalue weighted by atomic mass is 10.1. The molecule has 0 bridgehead atoms. The maximum absolute atomic E-state index is 13.0. The highest BCUT2D eigenvalue weighted by molar-refractivity contribution is 6.34. The van der Waals surface area contributed by atoms with Gasteiger partial charge in [0.15, 0.2) is 0 Å². The van der Waals surface area contributed by atoms with Gasteiger partial charge in [-0.05, 0) is 35.7 Å². The molecule has 0 heterocycles. The van der Waals surface area contributed by atoms with Gasteiger partial charge in [0, 0.05) is 13.1 Å². The minimum Gasteiger partial charge on any atom is -0.361 e. The van der Waals surface area contributed by atoms with Gasteiger partial charge in [-0.1, -0.05) is 36.4 Å². The third kappa shape index (κ3) is 3.91. The fraction of sp³-hybridized carbons (Fsp3) is 0.176. The first-order valence-corrected chi connectivity index (χ1v) is 6.85. The SMILES string of the molecule is Cc1ccccc1CN(Cc1ccc(F)cc1)C(=O)C(N)=O. The third-order valence-electron chi connectivity index (χ3n) is 3.41. The predicted molar refractivity (Wildman–Crippen MR) is 81.0 cm³/mol. The van der Waals surface area contributed by atoms with E-state index >= 15 is 0 Å². The summed E-state index contributed by atoms with van der Waals surface area (Å²) < 4.78 is 13.0. The van der Waals surface area contributed by atoms with E-state index in [0.717, 1.165) is 16.7 Å². The number of hydrogen-bond donors (Lipinski definition) is 1. The predicted octanol–water partition coefficient (Wildman–Crippen LogP) is 2.15. The lowest BCUT2D eigenvalue weighted by molar-refractivity contribution is -0.145. The van der Waals surface area contributed by atoms with E-state index in [9.17, 15) is 14.0 Å². The van der Waals surface area contributed by atoms with Crippen LogP contribution in [-0.4, -0.2) is 16.7 Å². The molecule has 0 saturated heterocycles. The topological polar surface area (TPSA) is 63.4 Å². The van der Waals surface area contributed by atoms with E-state index in [1.807, 2.05) is 31.2 Å². The van der Waals surface area contributed by atoms with Gasteiger partial charge in [-0.3, -0.25) is 9.59 Å². The molecule has 0 atom stereocenters. The minimum absolute atomic E-state index is 0.191. The number of nitrogens with two attached hydrogens (primary N) is 1. The van der Waals surface area contributed by atoms with Gasteiger partial charge in [0.2, 0.25) is 0 Å². The third-order valence-corrected chi connectivity index (χ3v) is 3.41. The Labute approximate surface area is 128 Å². The summed E-state index contributed by atoms with van der Waals surface area (Å²) in [6, 6.07) is 13.4. The summed E-state index contributed by atoms with van der Waals surface area (Å²) in [7, 11) is 0. The molecule has 2 N–H and O–H groups in total. The molecule has 2 rings (SSSR count). The van der Waals surface area contributed by atoms with E-state index in [0.29, 0.717) is 0 Å². The van der Waals surface area contributed by atoms with E-state index in [1.165, 1.54) is 17.0 Å². The van der Waals surface area contributed by atoms with Crippen LogP contribution in [0.25, 0.3) is 0 Å². The number of amides is 2. The van der Waals surface area contributed by atoms with Crippen LogP contribution < -0.4 is 5.73 Å². The number of carbonyl (C=O) groups excluding carboxylic acids is 2. The Morgan fingerprint density at radius 1 is 1.05 bits per heavy atom. The van der Waals surface area contributed by atoms with Crippen LogP contribution in [0.3, 0.4) is 0 Å². The summed E-state index contributed by atoms with van der Waals surface area (Å²) in [4.78, 5) is 24.6. The Hall–Kier alpha value is -2.69. The second-order valence-electron chi connectivity index (χ2n) is 5.08. The molecule has 2 aromatic rings. The number of halogens is 1. The van der Waals surface area contributed by atoms with Gasteiger partial charge in [-0.15, -0.1) is 0 Å². The molecule has 0 unspecified atom stereocenters. The molecule has 22 heavy (non-hydrogen) atoms. The zero-order valence-corrected chi connectivity index (χ0v) is 12.3. The van der Waals surface area contributed by atoms with Crippen LogP contribution in [0.2, 0.25) is 0 Å². The van der Waals surface area contributed by atoms with Crippen molar-refractivity contribution in [2.45, 2.75) is 20.0 Å². The highest BCUT2D eigenvalue weighted by atomic mass is 19.1. The normalized spacial score (nSPS) is 10.3. The average molecular weight is 300 g/mol. The van der Waals surface area contributed by atoms with Crippen molar-refractivity contribution in [1.29, 1.82) is 0 Å². The number of benzene rings is 2. The van der Waals surface area contributed by atoms with Gasteiger partial charge < -0.3 is 10.6 Å². The van der Waals surface area contributed by atoms with Crippen molar-refractivity contribution in [3.8, 4) is 0 Å². The van der Waals surface area contributed by atoms with Crippen molar-refractivity contribution in [3.05, 3.63) is 71.0 Å². The number of nitrogens with zero attached hydrogens (tertiary/aromatic N) is 1. The summed E-state index contributed by atoms with van der Waals surface area (Å²) in [5, 5.41) is 0. The highest BCUT2D eigenvalue weighted by Crippen LogP contribution is 2.14. The molecular formula is C17H17FN2O2. The minimum atomic E-state index is -1.00. The maximum atomic E-state index is 13.0. The molecular weight excluding hydrogens is 283 g/mol. The Kier molecular flexibility index (Phi) is 4.88. The summed E-state index contributed by atoms with van der Waals surface area (Å²) in [6.07, 6.45) is 0. The molecule has 0 aliphatic carbocycles. The molecule has 0 aliphatic rings. The zero-order chi connectivity index (χ0) is 16.1. The second kappa shape index (κ2) is 6.85. The molecule has 0 radical (unpaired) electrons. The van der Waals surface area contributed by atoms with Crippen molar-refractivity contribution >= 4 is 11.8 Å². The van der Waals surface area contributed by atoms with Gasteiger partial charge >= 0.3 is 11.8 Å². The van der Waals surface area contributed by atoms with Crippen LogP contribution in [0.5, 0.6) is 0 Å². The molecule has 0 spiro atoms. The van der Waals surface area contributed by atoms with Crippen LogP contribution in [0, 0.1) is 12.7 Å². The molecule has 0 aliphatic heterocycles. The number of rotatable bonds is 4. The molecule has 0 fully saturated rings. The monoisotopic (exact) mass is 300 g/mol. The van der Waals surface area contributed by atoms with Gasteiger partial charge in [-0.25, -0.2) is 4.39 Å². The average Bonchev–Trinajstić information content (AvgIpc) is 2.50. The first-order valence-electron chi connectivity index (χ1n) is 6.85. The van der Waals surface area contributed by atoms with E-state index in [4.69, 9.17) is 5.73 Å². The summed E-state index contributed by atoms with van der Waals surface area (Å²) >= 11 is 0. The standard InChI is InChI=1S/C17H17FN2O2/c1-12-4-2-3-5-14(12)11-20(17(22)16(19)21)10-13-6-8-15(18)9-7-13/h2-9H,10-11H2,1H3,(H2,19,21). The van der Waals surface area contributed by atoms with E-state index in [-0.39, 0.29) is 18.9 Å². The van der Waals surface area contributed by atoms with Crippen LogP contribution in [0.15, 0.2) is 48.5 Å². The van der Waals surface area contributed by atoms with Gasteiger partial charge in [0.1, 0.15) is 5.82 Å². The van der Waals surface area contributed by atoms with Crippen LogP contribution in [0.1, 0.15) is 16.7 Å². The summed E-state index contributed by atoms with van der Waals surface area (Å²) in [5.74, 6) is -2.11. The lowest BCUT2D eigenvalue weighted by Crippen LogP contribution is -2.39. The van der Waals surface area contributed by atoms with Crippen LogP contribution in [-0.2, 0) is 22.7 Å². The molecule has 5 heteroatoms. The van der Waals surface area contributed by atoms with Crippen LogP contribution >= 0.6 is 0 Å². The number of aryl methyl sites for hydroxylation is 1. The fourth-order valence-electron chi connectivity index (χ4n) is 2.16. The Morgan fingerprint density at radius 3 is 2.27 bits per heavy atom. The van der Waals surface area contributed by atoms with Gasteiger partial charge in [0.25, 0.3) is 0 Å². The highest BCUT2D eigenvalue weighted by Gasteiger charge is 2.20. The molecule has 0 aromatic heterocycles. The van der Waals surface area contributed by atoms with Crippen molar-refractivity contribution in [3.63, 3.8) is 0 Å². The second-order valence-corrected chi connectivity index (χ2v) is 5.08. The Bertz CT molecular complexity index is 683. The fourth-order valence-corrected chi connectivity index (χ4v) is 2.16. The molecule has 0 saturated carbocycles. The van der Waals surface area contributed by atoms with E-state index in [2.05, 4.69) is 0 Å². The molecule has 114 valence electrons. The number of hydrogen-bond acceptors (Lipinski definition) is 2. The molecule has 4 nitrogen and oxygen atoms in total. The van der Waals surface area contributed by atoms with Crippen molar-refractivity contribution in [2.75, 3.05) is 0 Å².